The minimum atomic E-state index is -0.292. The first-order valence-electron chi connectivity index (χ1n) is 8.99. The van der Waals surface area contributed by atoms with E-state index in [0.29, 0.717) is 34.1 Å². The van der Waals surface area contributed by atoms with Gasteiger partial charge < -0.3 is 9.84 Å². The lowest BCUT2D eigenvalue weighted by atomic mass is 10.0. The van der Waals surface area contributed by atoms with Gasteiger partial charge in [0.2, 0.25) is 0 Å². The van der Waals surface area contributed by atoms with Crippen molar-refractivity contribution < 1.29 is 9.32 Å². The molecule has 6 nitrogen and oxygen atoms in total. The number of hydrogen-bond donors (Lipinski definition) is 1. The van der Waals surface area contributed by atoms with E-state index in [4.69, 9.17) is 16.1 Å². The molecule has 0 radical (unpaired) electrons. The lowest BCUT2D eigenvalue weighted by molar-refractivity contribution is 0.0950. The molecule has 0 bridgehead atoms. The van der Waals surface area contributed by atoms with Crippen molar-refractivity contribution in [1.82, 2.24) is 20.4 Å². The van der Waals surface area contributed by atoms with Gasteiger partial charge in [-0.15, -0.1) is 0 Å². The highest BCUT2D eigenvalue weighted by atomic mass is 35.5. The van der Waals surface area contributed by atoms with Gasteiger partial charge in [-0.1, -0.05) is 41.0 Å². The Labute approximate surface area is 172 Å². The average Bonchev–Trinajstić information content (AvgIpc) is 3.14. The molecule has 144 valence electrons. The van der Waals surface area contributed by atoms with E-state index in [0.717, 1.165) is 16.8 Å². The van der Waals surface area contributed by atoms with Crippen LogP contribution in [0.3, 0.4) is 0 Å². The number of halogens is 1. The maximum Gasteiger partial charge on any atom is 0.257 e. The van der Waals surface area contributed by atoms with E-state index in [-0.39, 0.29) is 5.91 Å². The summed E-state index contributed by atoms with van der Waals surface area (Å²) in [5.74, 6) is 0.135. The summed E-state index contributed by atoms with van der Waals surface area (Å²) in [6.45, 7) is 2.00. The first-order chi connectivity index (χ1) is 14.1. The molecule has 1 amide bonds. The van der Waals surface area contributed by atoms with Gasteiger partial charge in [-0.25, -0.2) is 0 Å². The number of carbonyl (C=O) groups excluding carboxylic acids is 1. The molecule has 0 atom stereocenters. The van der Waals surface area contributed by atoms with E-state index in [2.05, 4.69) is 20.4 Å². The van der Waals surface area contributed by atoms with Gasteiger partial charge in [0.15, 0.2) is 0 Å². The number of carbonyl (C=O) groups is 1. The maximum atomic E-state index is 13.0. The molecule has 3 aromatic heterocycles. The Hall–Kier alpha value is -3.51. The van der Waals surface area contributed by atoms with E-state index in [9.17, 15) is 4.79 Å². The second kappa shape index (κ2) is 8.24. The van der Waals surface area contributed by atoms with Gasteiger partial charge in [-0.3, -0.25) is 14.8 Å². The monoisotopic (exact) mass is 404 g/mol. The summed E-state index contributed by atoms with van der Waals surface area (Å²) in [6.07, 6.45) is 5.17. The van der Waals surface area contributed by atoms with Gasteiger partial charge in [-0.05, 0) is 36.8 Å². The van der Waals surface area contributed by atoms with Gasteiger partial charge in [0.1, 0.15) is 17.0 Å². The molecule has 1 aromatic carbocycles. The van der Waals surface area contributed by atoms with E-state index in [1.165, 1.54) is 0 Å². The molecule has 4 rings (SSSR count). The summed E-state index contributed by atoms with van der Waals surface area (Å²) in [6, 6.07) is 14.7. The summed E-state index contributed by atoms with van der Waals surface area (Å²) in [7, 11) is 0. The van der Waals surface area contributed by atoms with Gasteiger partial charge in [0.05, 0.1) is 10.7 Å². The molecule has 7 heteroatoms. The second-order valence-electron chi connectivity index (χ2n) is 6.38. The third-order valence-corrected chi connectivity index (χ3v) is 4.81. The highest BCUT2D eigenvalue weighted by Gasteiger charge is 2.23. The van der Waals surface area contributed by atoms with Crippen LogP contribution in [0, 0.1) is 6.92 Å². The normalized spacial score (nSPS) is 10.7. The molecule has 29 heavy (non-hydrogen) atoms. The first kappa shape index (κ1) is 18.8. The molecule has 0 saturated heterocycles. The molecule has 0 aliphatic carbocycles. The summed E-state index contributed by atoms with van der Waals surface area (Å²) in [4.78, 5) is 21.6. The Morgan fingerprint density at radius 3 is 2.69 bits per heavy atom. The summed E-state index contributed by atoms with van der Waals surface area (Å²) < 4.78 is 5.28. The second-order valence-corrected chi connectivity index (χ2v) is 6.78. The molecule has 3 heterocycles. The summed E-state index contributed by atoms with van der Waals surface area (Å²) in [5, 5.41) is 7.49. The van der Waals surface area contributed by atoms with E-state index in [1.807, 2.05) is 36.4 Å². The van der Waals surface area contributed by atoms with Gasteiger partial charge in [0.25, 0.3) is 5.91 Å². The van der Waals surface area contributed by atoms with E-state index >= 15 is 0 Å². The Bertz CT molecular complexity index is 1160. The minimum absolute atomic E-state index is 0.292. The van der Waals surface area contributed by atoms with Crippen molar-refractivity contribution >= 4 is 17.5 Å². The largest absolute Gasteiger partial charge is 0.360 e. The summed E-state index contributed by atoms with van der Waals surface area (Å²) >= 11 is 6.28. The Morgan fingerprint density at radius 1 is 1.07 bits per heavy atom. The molecule has 4 aromatic rings. The van der Waals surface area contributed by atoms with Crippen LogP contribution >= 0.6 is 11.6 Å². The molecule has 0 saturated carbocycles. The fourth-order valence-electron chi connectivity index (χ4n) is 3.08. The number of aromatic nitrogens is 3. The number of aryl methyl sites for hydroxylation is 1. The Kier molecular flexibility index (Phi) is 5.35. The number of amides is 1. The van der Waals surface area contributed by atoms with E-state index in [1.54, 1.807) is 37.6 Å². The van der Waals surface area contributed by atoms with Crippen LogP contribution in [0.4, 0.5) is 0 Å². The Balaban J connectivity index is 1.60. The molecule has 0 fully saturated rings. The number of pyridine rings is 2. The lowest BCUT2D eigenvalue weighted by Gasteiger charge is -2.10. The third-order valence-electron chi connectivity index (χ3n) is 4.48. The molecule has 0 aliphatic rings. The zero-order chi connectivity index (χ0) is 20.2. The quantitative estimate of drug-likeness (QED) is 0.521. The SMILES string of the molecule is Cc1onc(-c2ccccc2Cl)c1C(=O)NCc1cccnc1-c1cccnc1. The summed E-state index contributed by atoms with van der Waals surface area (Å²) in [5.41, 5.74) is 3.97. The smallest absolute Gasteiger partial charge is 0.257 e. The fourth-order valence-corrected chi connectivity index (χ4v) is 3.31. The van der Waals surface area contributed by atoms with Crippen molar-refractivity contribution in [1.29, 1.82) is 0 Å². The van der Waals surface area contributed by atoms with Crippen molar-refractivity contribution in [2.75, 3.05) is 0 Å². The molecule has 0 unspecified atom stereocenters. The number of benzene rings is 1. The van der Waals surface area contributed by atoms with Crippen LogP contribution < -0.4 is 5.32 Å². The number of nitrogens with zero attached hydrogens (tertiary/aromatic N) is 3. The van der Waals surface area contributed by atoms with Crippen molar-refractivity contribution in [3.05, 3.63) is 89.0 Å². The molecular formula is C22H17ClN4O2. The van der Waals surface area contributed by atoms with Crippen molar-refractivity contribution in [3.8, 4) is 22.5 Å². The highest BCUT2D eigenvalue weighted by molar-refractivity contribution is 6.33. The minimum Gasteiger partial charge on any atom is -0.360 e. The van der Waals surface area contributed by atoms with Gasteiger partial charge in [0, 0.05) is 36.3 Å². The van der Waals surface area contributed by atoms with Crippen LogP contribution in [-0.2, 0) is 6.54 Å². The van der Waals surface area contributed by atoms with Crippen LogP contribution in [0.2, 0.25) is 5.02 Å². The first-order valence-corrected chi connectivity index (χ1v) is 9.36. The van der Waals surface area contributed by atoms with Crippen LogP contribution in [0.5, 0.6) is 0 Å². The van der Waals surface area contributed by atoms with Crippen LogP contribution in [0.15, 0.2) is 71.6 Å². The third kappa shape index (κ3) is 3.88. The lowest BCUT2D eigenvalue weighted by Crippen LogP contribution is -2.24. The number of hydrogen-bond acceptors (Lipinski definition) is 5. The number of rotatable bonds is 5. The van der Waals surface area contributed by atoms with Crippen LogP contribution in [0.1, 0.15) is 21.7 Å². The Morgan fingerprint density at radius 2 is 1.90 bits per heavy atom. The van der Waals surface area contributed by atoms with Crippen LogP contribution in [0.25, 0.3) is 22.5 Å². The standard InChI is InChI=1S/C22H17ClN4O2/c1-14-19(21(27-29-14)17-8-2-3-9-18(17)23)22(28)26-13-16-7-5-11-25-20(16)15-6-4-10-24-12-15/h2-12H,13H2,1H3,(H,26,28). The average molecular weight is 405 g/mol. The number of nitrogens with one attached hydrogen (secondary N) is 1. The van der Waals surface area contributed by atoms with Crippen molar-refractivity contribution in [3.63, 3.8) is 0 Å². The molecule has 0 aliphatic heterocycles. The van der Waals surface area contributed by atoms with E-state index < -0.39 is 0 Å². The molecule has 0 spiro atoms. The van der Waals surface area contributed by atoms with Crippen LogP contribution in [-0.4, -0.2) is 21.0 Å². The zero-order valence-corrected chi connectivity index (χ0v) is 16.3. The molecule has 1 N–H and O–H groups in total. The van der Waals surface area contributed by atoms with Gasteiger partial charge in [-0.2, -0.15) is 0 Å². The van der Waals surface area contributed by atoms with Crippen molar-refractivity contribution in [2.24, 2.45) is 0 Å². The van der Waals surface area contributed by atoms with Gasteiger partial charge >= 0.3 is 0 Å². The highest BCUT2D eigenvalue weighted by Crippen LogP contribution is 2.31. The predicted molar refractivity (Wildman–Crippen MR) is 110 cm³/mol. The van der Waals surface area contributed by atoms with Crippen molar-refractivity contribution in [2.45, 2.75) is 13.5 Å². The maximum absolute atomic E-state index is 13.0. The zero-order valence-electron chi connectivity index (χ0n) is 15.6. The predicted octanol–water partition coefficient (Wildman–Crippen LogP) is 4.69. The topological polar surface area (TPSA) is 80.9 Å². The molecular weight excluding hydrogens is 388 g/mol. The fraction of sp³-hybridized carbons (Fsp3) is 0.0909.